The predicted octanol–water partition coefficient (Wildman–Crippen LogP) is 4.92. The van der Waals surface area contributed by atoms with E-state index in [0.717, 1.165) is 0 Å². The Kier molecular flexibility index (Phi) is 4.95. The van der Waals surface area contributed by atoms with Crippen LogP contribution in [0.4, 0.5) is 5.69 Å². The molecule has 0 atom stereocenters. The zero-order valence-corrected chi connectivity index (χ0v) is 14.7. The average Bonchev–Trinajstić information content (AvgIpc) is 2.30. The Morgan fingerprint density at radius 1 is 1.00 bits per heavy atom. The van der Waals surface area contributed by atoms with Crippen LogP contribution in [0.25, 0.3) is 0 Å². The van der Waals surface area contributed by atoms with Crippen molar-refractivity contribution < 1.29 is 13.5 Å². The first kappa shape index (κ1) is 16.7. The van der Waals surface area contributed by atoms with E-state index in [1.54, 1.807) is 0 Å². The summed E-state index contributed by atoms with van der Waals surface area (Å²) in [6, 6.07) is 6.68. The second-order valence-electron chi connectivity index (χ2n) is 3.97. The van der Waals surface area contributed by atoms with Gasteiger partial charge in [-0.25, -0.2) is 8.42 Å². The summed E-state index contributed by atoms with van der Waals surface area (Å²) in [6.07, 6.45) is 0. The zero-order valence-electron chi connectivity index (χ0n) is 10.1. The number of anilines is 1. The maximum absolute atomic E-state index is 12.4. The highest BCUT2D eigenvalue weighted by Crippen LogP contribution is 2.35. The topological polar surface area (TPSA) is 66.4 Å². The SMILES string of the molecule is O=S(=O)(Nc1ccc(O)cc1Cl)c1c(Cl)cc(Br)cc1Cl. The van der Waals surface area contributed by atoms with Gasteiger partial charge in [0.25, 0.3) is 10.0 Å². The van der Waals surface area contributed by atoms with Crippen molar-refractivity contribution in [2.24, 2.45) is 0 Å². The minimum atomic E-state index is -4.03. The van der Waals surface area contributed by atoms with Crippen LogP contribution in [0.15, 0.2) is 39.7 Å². The fourth-order valence-corrected chi connectivity index (χ4v) is 4.87. The number of rotatable bonds is 3. The van der Waals surface area contributed by atoms with Crippen LogP contribution in [0.3, 0.4) is 0 Å². The third-order valence-electron chi connectivity index (χ3n) is 2.43. The number of hydrogen-bond acceptors (Lipinski definition) is 3. The van der Waals surface area contributed by atoms with E-state index in [9.17, 15) is 13.5 Å². The zero-order chi connectivity index (χ0) is 15.8. The van der Waals surface area contributed by atoms with E-state index in [2.05, 4.69) is 20.7 Å². The summed E-state index contributed by atoms with van der Waals surface area (Å²) < 4.78 is 27.6. The summed E-state index contributed by atoms with van der Waals surface area (Å²) in [4.78, 5) is -0.252. The van der Waals surface area contributed by atoms with Crippen molar-refractivity contribution in [1.82, 2.24) is 0 Å². The van der Waals surface area contributed by atoms with E-state index in [-0.39, 0.29) is 31.4 Å². The first-order valence-electron chi connectivity index (χ1n) is 5.36. The van der Waals surface area contributed by atoms with Crippen molar-refractivity contribution >= 4 is 66.4 Å². The molecule has 9 heteroatoms. The number of halogens is 4. The summed E-state index contributed by atoms with van der Waals surface area (Å²) in [7, 11) is -4.03. The fraction of sp³-hybridized carbons (Fsp3) is 0. The van der Waals surface area contributed by atoms with E-state index >= 15 is 0 Å². The molecule has 4 nitrogen and oxygen atoms in total. The lowest BCUT2D eigenvalue weighted by Gasteiger charge is -2.12. The van der Waals surface area contributed by atoms with Gasteiger partial charge in [0.15, 0.2) is 0 Å². The molecule has 0 saturated carbocycles. The van der Waals surface area contributed by atoms with Gasteiger partial charge in [-0.05, 0) is 24.3 Å². The van der Waals surface area contributed by atoms with E-state index in [1.807, 2.05) is 0 Å². The van der Waals surface area contributed by atoms with E-state index in [0.29, 0.717) is 4.47 Å². The average molecular weight is 432 g/mol. The number of sulfonamides is 1. The molecule has 0 aromatic heterocycles. The Hall–Kier alpha value is -0.660. The minimum absolute atomic E-state index is 0.0308. The van der Waals surface area contributed by atoms with Gasteiger partial charge in [0, 0.05) is 10.5 Å². The highest BCUT2D eigenvalue weighted by Gasteiger charge is 2.23. The molecule has 0 unspecified atom stereocenters. The largest absolute Gasteiger partial charge is 0.508 e. The second-order valence-corrected chi connectivity index (χ2v) is 7.72. The van der Waals surface area contributed by atoms with Crippen molar-refractivity contribution in [2.45, 2.75) is 4.90 Å². The van der Waals surface area contributed by atoms with Crippen LogP contribution < -0.4 is 4.72 Å². The molecule has 112 valence electrons. The number of nitrogens with one attached hydrogen (secondary N) is 1. The van der Waals surface area contributed by atoms with E-state index < -0.39 is 10.0 Å². The Bertz CT molecular complexity index is 788. The molecular formula is C12H7BrCl3NO3S. The third kappa shape index (κ3) is 3.76. The molecule has 0 fully saturated rings. The van der Waals surface area contributed by atoms with Crippen molar-refractivity contribution in [2.75, 3.05) is 4.72 Å². The molecule has 0 heterocycles. The lowest BCUT2D eigenvalue weighted by atomic mass is 10.3. The van der Waals surface area contributed by atoms with Gasteiger partial charge in [0.05, 0.1) is 20.8 Å². The quantitative estimate of drug-likeness (QED) is 0.678. The van der Waals surface area contributed by atoms with Gasteiger partial charge in [-0.3, -0.25) is 4.72 Å². The maximum atomic E-state index is 12.4. The van der Waals surface area contributed by atoms with Gasteiger partial charge in [-0.2, -0.15) is 0 Å². The number of aromatic hydroxyl groups is 1. The number of benzene rings is 2. The molecule has 21 heavy (non-hydrogen) atoms. The highest BCUT2D eigenvalue weighted by atomic mass is 79.9. The van der Waals surface area contributed by atoms with Crippen molar-refractivity contribution in [1.29, 1.82) is 0 Å². The molecule has 0 aliphatic carbocycles. The standard InChI is InChI=1S/C12H7BrCl3NO3S/c13-6-3-9(15)12(10(16)4-6)21(19,20)17-11-2-1-7(18)5-8(11)14/h1-5,17-18H. The molecule has 0 radical (unpaired) electrons. The Morgan fingerprint density at radius 2 is 1.57 bits per heavy atom. The van der Waals surface area contributed by atoms with Crippen LogP contribution in [-0.2, 0) is 10.0 Å². The molecule has 0 spiro atoms. The first-order valence-corrected chi connectivity index (χ1v) is 8.77. The van der Waals surface area contributed by atoms with Gasteiger partial charge in [0.2, 0.25) is 0 Å². The molecule has 0 aliphatic rings. The van der Waals surface area contributed by atoms with Crippen LogP contribution in [0.5, 0.6) is 5.75 Å². The van der Waals surface area contributed by atoms with Gasteiger partial charge >= 0.3 is 0 Å². The lowest BCUT2D eigenvalue weighted by Crippen LogP contribution is -2.14. The second kappa shape index (κ2) is 6.22. The molecule has 2 aromatic rings. The maximum Gasteiger partial charge on any atom is 0.264 e. The molecule has 0 aliphatic heterocycles. The summed E-state index contributed by atoms with van der Waals surface area (Å²) in [6.45, 7) is 0. The molecule has 0 saturated heterocycles. The van der Waals surface area contributed by atoms with Gasteiger partial charge in [0.1, 0.15) is 10.6 Å². The summed E-state index contributed by atoms with van der Waals surface area (Å²) in [5.74, 6) is -0.0809. The van der Waals surface area contributed by atoms with E-state index in [4.69, 9.17) is 34.8 Å². The number of phenols is 1. The van der Waals surface area contributed by atoms with Crippen molar-refractivity contribution in [3.63, 3.8) is 0 Å². The van der Waals surface area contributed by atoms with Crippen LogP contribution >= 0.6 is 50.7 Å². The van der Waals surface area contributed by atoms with Crippen LogP contribution in [0.2, 0.25) is 15.1 Å². The lowest BCUT2D eigenvalue weighted by molar-refractivity contribution is 0.475. The molecule has 2 aromatic carbocycles. The third-order valence-corrected chi connectivity index (χ3v) is 5.49. The van der Waals surface area contributed by atoms with Crippen LogP contribution in [0, 0.1) is 0 Å². The normalized spacial score (nSPS) is 11.4. The van der Waals surface area contributed by atoms with Crippen molar-refractivity contribution in [3.8, 4) is 5.75 Å². The first-order chi connectivity index (χ1) is 9.70. The Labute approximate surface area is 144 Å². The Balaban J connectivity index is 2.48. The molecular weight excluding hydrogens is 424 g/mol. The monoisotopic (exact) mass is 429 g/mol. The molecule has 0 bridgehead atoms. The highest BCUT2D eigenvalue weighted by molar-refractivity contribution is 9.10. The fourth-order valence-electron chi connectivity index (χ4n) is 1.57. The van der Waals surface area contributed by atoms with Gasteiger partial charge in [-0.15, -0.1) is 0 Å². The minimum Gasteiger partial charge on any atom is -0.508 e. The summed E-state index contributed by atoms with van der Waals surface area (Å²) in [5, 5.41) is 9.25. The van der Waals surface area contributed by atoms with Crippen molar-refractivity contribution in [3.05, 3.63) is 49.9 Å². The molecule has 0 amide bonds. The summed E-state index contributed by atoms with van der Waals surface area (Å²) in [5.41, 5.74) is 0.101. The van der Waals surface area contributed by atoms with E-state index in [1.165, 1.54) is 30.3 Å². The van der Waals surface area contributed by atoms with Gasteiger partial charge in [-0.1, -0.05) is 50.7 Å². The predicted molar refractivity (Wildman–Crippen MR) is 88.1 cm³/mol. The smallest absolute Gasteiger partial charge is 0.264 e. The molecule has 2 N–H and O–H groups in total. The number of phenolic OH excluding ortho intramolecular Hbond substituents is 1. The summed E-state index contributed by atoms with van der Waals surface area (Å²) >= 11 is 20.9. The van der Waals surface area contributed by atoms with Gasteiger partial charge < -0.3 is 5.11 Å². The number of hydrogen-bond donors (Lipinski definition) is 2. The van der Waals surface area contributed by atoms with Crippen LogP contribution in [0.1, 0.15) is 0 Å². The van der Waals surface area contributed by atoms with Crippen LogP contribution in [-0.4, -0.2) is 13.5 Å². The Morgan fingerprint density at radius 3 is 2.10 bits per heavy atom. The molecule has 2 rings (SSSR count).